The largest absolute Gasteiger partial charge is 0.301 e. The summed E-state index contributed by atoms with van der Waals surface area (Å²) in [6.07, 6.45) is 12.6. The van der Waals surface area contributed by atoms with Crippen LogP contribution in [0.3, 0.4) is 0 Å². The molecular formula is C26H36N4O4. The van der Waals surface area contributed by atoms with Crippen LogP contribution in [-0.2, 0) is 19.2 Å². The summed E-state index contributed by atoms with van der Waals surface area (Å²) in [4.78, 5) is 58.2. The average molecular weight is 469 g/mol. The number of imide groups is 2. The summed E-state index contributed by atoms with van der Waals surface area (Å²) in [6.45, 7) is 6.71. The zero-order valence-corrected chi connectivity index (χ0v) is 19.9. The number of hydrogen-bond acceptors (Lipinski definition) is 6. The molecule has 3 heterocycles. The summed E-state index contributed by atoms with van der Waals surface area (Å²) in [6, 6.07) is 0. The first-order valence-electron chi connectivity index (χ1n) is 13.0. The van der Waals surface area contributed by atoms with Gasteiger partial charge in [-0.15, -0.1) is 0 Å². The molecule has 0 radical (unpaired) electrons. The fourth-order valence-corrected chi connectivity index (χ4v) is 6.32. The number of rotatable bonds is 8. The number of piperazine rings is 1. The molecule has 3 aliphatic heterocycles. The molecule has 4 atom stereocenters. The van der Waals surface area contributed by atoms with Crippen molar-refractivity contribution in [2.45, 2.75) is 38.5 Å². The van der Waals surface area contributed by atoms with Crippen molar-refractivity contribution in [3.8, 4) is 0 Å². The third kappa shape index (κ3) is 4.50. The van der Waals surface area contributed by atoms with Crippen LogP contribution >= 0.6 is 0 Å². The fraction of sp³-hybridized carbons (Fsp3) is 0.692. The third-order valence-electron chi connectivity index (χ3n) is 8.37. The van der Waals surface area contributed by atoms with Gasteiger partial charge in [-0.05, 0) is 51.6 Å². The van der Waals surface area contributed by atoms with E-state index in [4.69, 9.17) is 0 Å². The molecule has 8 heteroatoms. The highest BCUT2D eigenvalue weighted by Crippen LogP contribution is 2.36. The predicted octanol–water partition coefficient (Wildman–Crippen LogP) is 1.29. The molecule has 5 aliphatic rings. The molecule has 0 aromatic heterocycles. The second kappa shape index (κ2) is 10.1. The zero-order valence-electron chi connectivity index (χ0n) is 19.9. The number of carbonyl (C=O) groups is 4. The van der Waals surface area contributed by atoms with E-state index in [1.54, 1.807) is 0 Å². The first kappa shape index (κ1) is 23.4. The summed E-state index contributed by atoms with van der Waals surface area (Å²) in [7, 11) is 0. The number of fused-ring (bicyclic) bond motifs is 2. The lowest BCUT2D eigenvalue weighted by atomic mass is 9.85. The highest BCUT2D eigenvalue weighted by molar-refractivity contribution is 6.06. The Kier molecular flexibility index (Phi) is 6.97. The van der Waals surface area contributed by atoms with E-state index in [0.29, 0.717) is 38.8 Å². The van der Waals surface area contributed by atoms with E-state index in [1.165, 1.54) is 9.80 Å². The Balaban J connectivity index is 0.983. The summed E-state index contributed by atoms with van der Waals surface area (Å²) < 4.78 is 0. The molecule has 184 valence electrons. The molecule has 4 unspecified atom stereocenters. The van der Waals surface area contributed by atoms with E-state index in [1.807, 2.05) is 24.3 Å². The maximum atomic E-state index is 12.6. The van der Waals surface area contributed by atoms with Crippen LogP contribution in [0, 0.1) is 23.7 Å². The number of allylic oxidation sites excluding steroid dienone is 4. The summed E-state index contributed by atoms with van der Waals surface area (Å²) >= 11 is 0. The van der Waals surface area contributed by atoms with Crippen molar-refractivity contribution in [3.05, 3.63) is 24.3 Å². The quantitative estimate of drug-likeness (QED) is 0.394. The molecule has 8 nitrogen and oxygen atoms in total. The standard InChI is InChI=1S/C26H36N4O4/c31-23-19-7-1-2-8-20(19)24(32)29(23)13-5-11-27-15-17-28(18-16-27)12-6-14-30-25(33)21-9-3-4-10-22(21)26(30)34/h1-4,19-22H,5-18H2. The number of hydrogen-bond donors (Lipinski definition) is 0. The lowest BCUT2D eigenvalue weighted by Gasteiger charge is -2.35. The van der Waals surface area contributed by atoms with Crippen LogP contribution in [-0.4, -0.2) is 95.6 Å². The molecule has 2 aliphatic carbocycles. The maximum Gasteiger partial charge on any atom is 0.233 e. The predicted molar refractivity (Wildman–Crippen MR) is 126 cm³/mol. The average Bonchev–Trinajstić information content (AvgIpc) is 3.26. The smallest absolute Gasteiger partial charge is 0.233 e. The van der Waals surface area contributed by atoms with Gasteiger partial charge in [-0.1, -0.05) is 24.3 Å². The number of amides is 4. The SMILES string of the molecule is O=C1C2CC=CCC2C(=O)N1CCCN1CCN(CCCN2C(=O)C3CC=CCC3C2=O)CC1. The normalized spacial score (nSPS) is 32.1. The molecule has 0 aromatic carbocycles. The Labute approximate surface area is 201 Å². The van der Waals surface area contributed by atoms with Gasteiger partial charge in [0, 0.05) is 39.3 Å². The van der Waals surface area contributed by atoms with Gasteiger partial charge in [0.2, 0.25) is 23.6 Å². The Bertz CT molecular complexity index is 767. The van der Waals surface area contributed by atoms with E-state index in [0.717, 1.165) is 52.1 Å². The van der Waals surface area contributed by atoms with Gasteiger partial charge in [0.25, 0.3) is 0 Å². The van der Waals surface area contributed by atoms with Crippen molar-refractivity contribution in [1.29, 1.82) is 0 Å². The first-order chi connectivity index (χ1) is 16.5. The molecule has 0 N–H and O–H groups in total. The van der Waals surface area contributed by atoms with Crippen molar-refractivity contribution < 1.29 is 19.2 Å². The monoisotopic (exact) mass is 468 g/mol. The van der Waals surface area contributed by atoms with Crippen LogP contribution in [0.5, 0.6) is 0 Å². The van der Waals surface area contributed by atoms with Crippen LogP contribution in [0.1, 0.15) is 38.5 Å². The second-order valence-electron chi connectivity index (χ2n) is 10.4. The van der Waals surface area contributed by atoms with Gasteiger partial charge in [0.05, 0.1) is 23.7 Å². The van der Waals surface area contributed by atoms with Crippen LogP contribution in [0.15, 0.2) is 24.3 Å². The fourth-order valence-electron chi connectivity index (χ4n) is 6.32. The Morgan fingerprint density at radius 2 is 0.794 bits per heavy atom. The molecule has 0 aromatic rings. The summed E-state index contributed by atoms with van der Waals surface area (Å²) in [5.41, 5.74) is 0. The Hall–Kier alpha value is -2.32. The highest BCUT2D eigenvalue weighted by Gasteiger charge is 2.47. The van der Waals surface area contributed by atoms with Crippen LogP contribution in [0.4, 0.5) is 0 Å². The van der Waals surface area contributed by atoms with Crippen LogP contribution in [0.2, 0.25) is 0 Å². The molecule has 0 bridgehead atoms. The zero-order chi connectivity index (χ0) is 23.7. The Morgan fingerprint density at radius 3 is 1.09 bits per heavy atom. The van der Waals surface area contributed by atoms with Crippen molar-refractivity contribution in [2.75, 3.05) is 52.4 Å². The van der Waals surface area contributed by atoms with Gasteiger partial charge in [-0.3, -0.25) is 29.0 Å². The van der Waals surface area contributed by atoms with Gasteiger partial charge in [-0.25, -0.2) is 0 Å². The highest BCUT2D eigenvalue weighted by atomic mass is 16.2. The molecule has 5 rings (SSSR count). The summed E-state index contributed by atoms with van der Waals surface area (Å²) in [5, 5.41) is 0. The van der Waals surface area contributed by atoms with Gasteiger partial charge in [-0.2, -0.15) is 0 Å². The van der Waals surface area contributed by atoms with Crippen molar-refractivity contribution >= 4 is 23.6 Å². The van der Waals surface area contributed by atoms with Crippen molar-refractivity contribution in [1.82, 2.24) is 19.6 Å². The van der Waals surface area contributed by atoms with E-state index >= 15 is 0 Å². The molecular weight excluding hydrogens is 432 g/mol. The topological polar surface area (TPSA) is 81.2 Å². The van der Waals surface area contributed by atoms with E-state index in [-0.39, 0.29) is 47.3 Å². The Morgan fingerprint density at radius 1 is 0.500 bits per heavy atom. The molecule has 3 saturated heterocycles. The molecule has 3 fully saturated rings. The van der Waals surface area contributed by atoms with E-state index < -0.39 is 0 Å². The van der Waals surface area contributed by atoms with E-state index in [9.17, 15) is 19.2 Å². The van der Waals surface area contributed by atoms with Gasteiger partial charge < -0.3 is 9.80 Å². The summed E-state index contributed by atoms with van der Waals surface area (Å²) in [5.74, 6) is -0.435. The minimum absolute atomic E-state index is 0.0228. The molecule has 0 spiro atoms. The molecule has 4 amide bonds. The third-order valence-corrected chi connectivity index (χ3v) is 8.37. The second-order valence-corrected chi connectivity index (χ2v) is 10.4. The lowest BCUT2D eigenvalue weighted by molar-refractivity contribution is -0.141. The number of nitrogens with zero attached hydrogens (tertiary/aromatic N) is 4. The minimum Gasteiger partial charge on any atom is -0.301 e. The van der Waals surface area contributed by atoms with E-state index in [2.05, 4.69) is 9.80 Å². The van der Waals surface area contributed by atoms with Gasteiger partial charge in [0.15, 0.2) is 0 Å². The first-order valence-corrected chi connectivity index (χ1v) is 13.0. The molecule has 0 saturated carbocycles. The van der Waals surface area contributed by atoms with Gasteiger partial charge in [0.1, 0.15) is 0 Å². The van der Waals surface area contributed by atoms with Crippen LogP contribution in [0.25, 0.3) is 0 Å². The van der Waals surface area contributed by atoms with Crippen molar-refractivity contribution in [3.63, 3.8) is 0 Å². The van der Waals surface area contributed by atoms with Gasteiger partial charge >= 0.3 is 0 Å². The maximum absolute atomic E-state index is 12.6. The van der Waals surface area contributed by atoms with Crippen LogP contribution < -0.4 is 0 Å². The number of likely N-dealkylation sites (tertiary alicyclic amines) is 2. The lowest BCUT2D eigenvalue weighted by Crippen LogP contribution is -2.47. The van der Waals surface area contributed by atoms with Crippen molar-refractivity contribution in [2.24, 2.45) is 23.7 Å². The molecule has 34 heavy (non-hydrogen) atoms. The number of carbonyl (C=O) groups excluding carboxylic acids is 4. The minimum atomic E-state index is -0.132.